The number of hydrogen-bond acceptors (Lipinski definition) is 3. The summed E-state index contributed by atoms with van der Waals surface area (Å²) in [6, 6.07) is 64.3. The smallest absolute Gasteiger partial charge is 0.252 e. The van der Waals surface area contributed by atoms with E-state index in [1.165, 1.54) is 113 Å². The first-order valence-corrected chi connectivity index (χ1v) is 30.2. The van der Waals surface area contributed by atoms with E-state index in [4.69, 9.17) is 0 Å². The van der Waals surface area contributed by atoms with Crippen LogP contribution >= 0.6 is 0 Å². The Morgan fingerprint density at radius 3 is 1.34 bits per heavy atom. The summed E-state index contributed by atoms with van der Waals surface area (Å²) in [6.07, 6.45) is 6.96. The van der Waals surface area contributed by atoms with Crippen molar-refractivity contribution in [2.75, 3.05) is 14.7 Å². The van der Waals surface area contributed by atoms with Gasteiger partial charge in [0.2, 0.25) is 0 Å². The average molecular weight is 1050 g/mol. The third kappa shape index (κ3) is 8.10. The summed E-state index contributed by atoms with van der Waals surface area (Å²) in [5.41, 5.74) is 27.9. The summed E-state index contributed by atoms with van der Waals surface area (Å²) in [6.45, 7) is 37.0. The lowest BCUT2D eigenvalue weighted by Crippen LogP contribution is -2.62. The van der Waals surface area contributed by atoms with Gasteiger partial charge in [-0.2, -0.15) is 0 Å². The van der Waals surface area contributed by atoms with Gasteiger partial charge in [-0.3, -0.25) is 0 Å². The van der Waals surface area contributed by atoms with Gasteiger partial charge in [0.05, 0.1) is 5.69 Å². The second-order valence-corrected chi connectivity index (χ2v) is 29.4. The lowest BCUT2D eigenvalue weighted by atomic mass is 9.33. The summed E-state index contributed by atoms with van der Waals surface area (Å²) < 4.78 is 0. The van der Waals surface area contributed by atoms with E-state index >= 15 is 0 Å². The first-order valence-electron chi connectivity index (χ1n) is 30.2. The van der Waals surface area contributed by atoms with Crippen molar-refractivity contribution < 1.29 is 0 Å². The third-order valence-electron chi connectivity index (χ3n) is 21.0. The molecule has 80 heavy (non-hydrogen) atoms. The van der Waals surface area contributed by atoms with E-state index in [-0.39, 0.29) is 44.6 Å². The van der Waals surface area contributed by atoms with Crippen molar-refractivity contribution in [3.63, 3.8) is 0 Å². The van der Waals surface area contributed by atoms with Crippen LogP contribution in [0.1, 0.15) is 186 Å². The van der Waals surface area contributed by atoms with Gasteiger partial charge in [0.15, 0.2) is 0 Å². The molecule has 8 aromatic rings. The topological polar surface area (TPSA) is 9.72 Å². The van der Waals surface area contributed by atoms with Crippen LogP contribution in [0.2, 0.25) is 0 Å². The predicted molar refractivity (Wildman–Crippen MR) is 344 cm³/mol. The van der Waals surface area contributed by atoms with Gasteiger partial charge in [0.1, 0.15) is 0 Å². The highest BCUT2D eigenvalue weighted by atomic mass is 15.2. The molecular formula is C76H84BN3. The summed E-state index contributed by atoms with van der Waals surface area (Å²) in [4.78, 5) is 7.98. The van der Waals surface area contributed by atoms with Crippen molar-refractivity contribution in [3.05, 3.63) is 214 Å². The van der Waals surface area contributed by atoms with Crippen molar-refractivity contribution in [1.29, 1.82) is 0 Å². The van der Waals surface area contributed by atoms with Crippen molar-refractivity contribution >= 4 is 74.3 Å². The van der Waals surface area contributed by atoms with E-state index in [1.807, 2.05) is 0 Å². The second-order valence-electron chi connectivity index (χ2n) is 29.4. The lowest BCUT2D eigenvalue weighted by molar-refractivity contribution is 0.331. The Morgan fingerprint density at radius 2 is 0.800 bits per heavy atom. The molecule has 0 saturated carbocycles. The summed E-state index contributed by atoms with van der Waals surface area (Å²) in [7, 11) is 0. The van der Waals surface area contributed by atoms with Crippen molar-refractivity contribution in [2.45, 2.75) is 180 Å². The number of aryl methyl sites for hydroxylation is 1. The van der Waals surface area contributed by atoms with E-state index in [9.17, 15) is 0 Å². The Labute approximate surface area is 480 Å². The van der Waals surface area contributed by atoms with Crippen LogP contribution in [0.5, 0.6) is 0 Å². The SMILES string of the molecule is Cc1cc2c(cc1N1c3cc4c(cc3B3c5ccc(C(C)(C)c6ccccc6)cc5N(c5ccc6c(c5)C(C)(C)CCC6(C)C)c5cc(N(c6ccccc6)c6ccccc6)cc1c53)C(C)(C)CCC4(C)C)C(C)(C)CCC2(C)C. The molecule has 0 N–H and O–H groups in total. The van der Waals surface area contributed by atoms with Gasteiger partial charge in [-0.05, 0) is 211 Å². The average Bonchev–Trinajstić information content (AvgIpc) is 3.33. The van der Waals surface area contributed by atoms with E-state index in [1.54, 1.807) is 0 Å². The molecule has 2 heterocycles. The highest BCUT2D eigenvalue weighted by Crippen LogP contribution is 2.56. The van der Waals surface area contributed by atoms with E-state index in [0.29, 0.717) is 0 Å². The highest BCUT2D eigenvalue weighted by molar-refractivity contribution is 7.00. The predicted octanol–water partition coefficient (Wildman–Crippen LogP) is 18.9. The zero-order chi connectivity index (χ0) is 56.3. The quantitative estimate of drug-likeness (QED) is 0.147. The van der Waals surface area contributed by atoms with Gasteiger partial charge in [0, 0.05) is 50.9 Å². The molecule has 8 aromatic carbocycles. The molecule has 0 unspecified atom stereocenters. The third-order valence-corrected chi connectivity index (χ3v) is 21.0. The maximum Gasteiger partial charge on any atom is 0.252 e. The van der Waals surface area contributed by atoms with Crippen LogP contribution in [0.4, 0.5) is 51.2 Å². The summed E-state index contributed by atoms with van der Waals surface area (Å²) in [5, 5.41) is 0. The van der Waals surface area contributed by atoms with E-state index in [2.05, 4.69) is 282 Å². The van der Waals surface area contributed by atoms with Crippen LogP contribution in [0.25, 0.3) is 0 Å². The maximum absolute atomic E-state index is 2.77. The Balaban J connectivity index is 1.20. The molecule has 2 aliphatic heterocycles. The largest absolute Gasteiger partial charge is 0.311 e. The molecule has 0 amide bonds. The molecule has 0 radical (unpaired) electrons. The summed E-state index contributed by atoms with van der Waals surface area (Å²) in [5.74, 6) is 0. The van der Waals surface area contributed by atoms with Gasteiger partial charge >= 0.3 is 0 Å². The van der Waals surface area contributed by atoms with Crippen LogP contribution in [-0.2, 0) is 37.9 Å². The molecule has 0 atom stereocenters. The minimum Gasteiger partial charge on any atom is -0.311 e. The van der Waals surface area contributed by atoms with Gasteiger partial charge < -0.3 is 14.7 Å². The Bertz CT molecular complexity index is 3740. The fraction of sp³-hybridized carbons (Fsp3) is 0.368. The standard InChI is InChI=1S/C76H84BN3/c1-49-41-57-60(74(10,11)39-37-71(57,4)5)47-64(49)80-66-48-61-59(73(8,9)38-40-75(61,12)13)46-63(66)77-62-34-31-51(76(14,15)50-25-19-16-20-26-50)42-65(62)79(54-32-33-56-58(43-54)72(6,7)36-35-70(56,2)3)67-44-55(45-68(80)69(67)77)78(52-27-21-17-22-28-52)53-29-23-18-24-30-53/h16-34,41-48H,35-40H2,1-15H3. The number of anilines is 9. The highest BCUT2D eigenvalue weighted by Gasteiger charge is 2.49. The Morgan fingerprint density at radius 1 is 0.362 bits per heavy atom. The van der Waals surface area contributed by atoms with Crippen LogP contribution < -0.4 is 31.1 Å². The number of nitrogens with zero attached hydrogens (tertiary/aromatic N) is 3. The number of benzene rings is 8. The molecule has 0 saturated heterocycles. The number of para-hydroxylation sites is 2. The molecular weight excluding hydrogens is 966 g/mol. The van der Waals surface area contributed by atoms with Crippen LogP contribution in [0.15, 0.2) is 164 Å². The zero-order valence-corrected chi connectivity index (χ0v) is 50.8. The molecule has 0 spiro atoms. The molecule has 5 aliphatic rings. The number of fused-ring (bicyclic) bond motifs is 7. The number of hydrogen-bond donors (Lipinski definition) is 0. The molecule has 0 aromatic heterocycles. The molecule has 3 aliphatic carbocycles. The van der Waals surface area contributed by atoms with Crippen molar-refractivity contribution in [3.8, 4) is 0 Å². The van der Waals surface area contributed by atoms with Crippen LogP contribution in [0.3, 0.4) is 0 Å². The van der Waals surface area contributed by atoms with Crippen LogP contribution in [-0.4, -0.2) is 6.71 Å². The normalized spacial score (nSPS) is 19.2. The summed E-state index contributed by atoms with van der Waals surface area (Å²) >= 11 is 0. The van der Waals surface area contributed by atoms with Crippen LogP contribution in [0, 0.1) is 6.92 Å². The second kappa shape index (κ2) is 17.9. The van der Waals surface area contributed by atoms with E-state index < -0.39 is 0 Å². The fourth-order valence-corrected chi connectivity index (χ4v) is 15.4. The van der Waals surface area contributed by atoms with Gasteiger partial charge in [-0.15, -0.1) is 0 Å². The first-order chi connectivity index (χ1) is 37.8. The fourth-order valence-electron chi connectivity index (χ4n) is 15.4. The molecule has 0 bridgehead atoms. The number of rotatable bonds is 7. The van der Waals surface area contributed by atoms with Crippen molar-refractivity contribution in [1.82, 2.24) is 0 Å². The zero-order valence-electron chi connectivity index (χ0n) is 50.8. The van der Waals surface area contributed by atoms with Crippen molar-refractivity contribution in [2.24, 2.45) is 0 Å². The molecule has 4 heteroatoms. The van der Waals surface area contributed by atoms with Gasteiger partial charge in [-0.25, -0.2) is 0 Å². The Kier molecular flexibility index (Phi) is 11.7. The minimum absolute atomic E-state index is 0.00114. The molecule has 0 fully saturated rings. The molecule has 406 valence electrons. The van der Waals surface area contributed by atoms with E-state index in [0.717, 1.165) is 42.7 Å². The maximum atomic E-state index is 2.77. The Hall–Kier alpha value is -6.78. The minimum atomic E-state index is -0.267. The van der Waals surface area contributed by atoms with Gasteiger partial charge in [0.25, 0.3) is 6.71 Å². The monoisotopic (exact) mass is 1050 g/mol. The first kappa shape index (κ1) is 52.6. The molecule has 13 rings (SSSR count). The van der Waals surface area contributed by atoms with Gasteiger partial charge in [-0.1, -0.05) is 194 Å². The molecule has 3 nitrogen and oxygen atoms in total. The lowest BCUT2D eigenvalue weighted by Gasteiger charge is -2.49.